The second-order valence-corrected chi connectivity index (χ2v) is 6.36. The normalized spacial score (nSPS) is 39.4. The average Bonchev–Trinajstić information content (AvgIpc) is 2.36. The Balaban J connectivity index is 2.08. The van der Waals surface area contributed by atoms with Crippen LogP contribution in [0.25, 0.3) is 0 Å². The van der Waals surface area contributed by atoms with Crippen molar-refractivity contribution >= 4 is 0 Å². The fourth-order valence-corrected chi connectivity index (χ4v) is 4.72. The van der Waals surface area contributed by atoms with Gasteiger partial charge in [-0.3, -0.25) is 0 Å². The molecule has 2 rings (SSSR count). The summed E-state index contributed by atoms with van der Waals surface area (Å²) in [6.07, 6.45) is 16.6. The van der Waals surface area contributed by atoms with E-state index in [9.17, 15) is 0 Å². The summed E-state index contributed by atoms with van der Waals surface area (Å²) in [5.74, 6) is 2.21. The molecule has 0 nitrogen and oxygen atoms in total. The molecule has 3 unspecified atom stereocenters. The maximum absolute atomic E-state index is 2.46. The van der Waals surface area contributed by atoms with E-state index in [1.54, 1.807) is 25.7 Å². The largest absolute Gasteiger partial charge is 0.0654 e. The van der Waals surface area contributed by atoms with Crippen LogP contribution in [-0.2, 0) is 0 Å². The summed E-state index contributed by atoms with van der Waals surface area (Å²) in [4.78, 5) is 0. The van der Waals surface area contributed by atoms with Crippen molar-refractivity contribution in [2.75, 3.05) is 0 Å². The van der Waals surface area contributed by atoms with Gasteiger partial charge in [0, 0.05) is 0 Å². The zero-order chi connectivity index (χ0) is 11.4. The molecule has 0 aromatic heterocycles. The lowest BCUT2D eigenvalue weighted by atomic mass is 9.55. The maximum atomic E-state index is 2.46. The van der Waals surface area contributed by atoms with E-state index in [0.29, 0.717) is 0 Å². The summed E-state index contributed by atoms with van der Waals surface area (Å²) in [7, 11) is 0. The minimum absolute atomic E-state index is 0.763. The lowest BCUT2D eigenvalue weighted by Crippen LogP contribution is -2.40. The topological polar surface area (TPSA) is 0 Å². The molecule has 0 amide bonds. The second kappa shape index (κ2) is 5.56. The molecule has 94 valence electrons. The molecular weight excluding hydrogens is 192 g/mol. The minimum Gasteiger partial charge on any atom is -0.0654 e. The molecule has 2 saturated carbocycles. The molecule has 0 N–H and O–H groups in total. The van der Waals surface area contributed by atoms with Crippen LogP contribution in [0, 0.1) is 17.3 Å². The number of unbranched alkanes of at least 4 members (excludes halogenated alkanes) is 1. The average molecular weight is 222 g/mol. The van der Waals surface area contributed by atoms with Gasteiger partial charge in [0.25, 0.3) is 0 Å². The molecule has 2 fully saturated rings. The van der Waals surface area contributed by atoms with Crippen molar-refractivity contribution in [2.45, 2.75) is 84.5 Å². The lowest BCUT2D eigenvalue weighted by molar-refractivity contribution is -0.000705. The highest BCUT2D eigenvalue weighted by molar-refractivity contribution is 4.94. The fourth-order valence-electron chi connectivity index (χ4n) is 4.72. The van der Waals surface area contributed by atoms with Gasteiger partial charge in [-0.25, -0.2) is 0 Å². The first-order chi connectivity index (χ1) is 7.82. The lowest BCUT2D eigenvalue weighted by Gasteiger charge is -2.51. The molecule has 0 heterocycles. The molecule has 0 saturated heterocycles. The fraction of sp³-hybridized carbons (Fsp3) is 1.00. The first-order valence-electron chi connectivity index (χ1n) is 7.82. The van der Waals surface area contributed by atoms with Crippen LogP contribution < -0.4 is 0 Å². The van der Waals surface area contributed by atoms with Crippen LogP contribution in [-0.4, -0.2) is 0 Å². The number of rotatable bonds is 4. The van der Waals surface area contributed by atoms with Gasteiger partial charge in [0.05, 0.1) is 0 Å². The summed E-state index contributed by atoms with van der Waals surface area (Å²) in [6, 6.07) is 0. The summed E-state index contributed by atoms with van der Waals surface area (Å²) in [6.45, 7) is 4.82. The van der Waals surface area contributed by atoms with Crippen LogP contribution in [0.2, 0.25) is 0 Å². The van der Waals surface area contributed by atoms with E-state index >= 15 is 0 Å². The molecule has 0 spiro atoms. The van der Waals surface area contributed by atoms with E-state index in [1.165, 1.54) is 44.9 Å². The molecule has 16 heavy (non-hydrogen) atoms. The zero-order valence-electron chi connectivity index (χ0n) is 11.4. The third-order valence-corrected chi connectivity index (χ3v) is 5.68. The highest BCUT2D eigenvalue weighted by atomic mass is 14.5. The van der Waals surface area contributed by atoms with E-state index < -0.39 is 0 Å². The Hall–Kier alpha value is 0. The van der Waals surface area contributed by atoms with Crippen molar-refractivity contribution in [3.05, 3.63) is 0 Å². The standard InChI is InChI=1S/C16H30/c1-3-5-12-16(4-2)13-8-10-14-9-6-7-11-15(14)16/h14-15H,3-13H2,1-2H3. The van der Waals surface area contributed by atoms with Gasteiger partial charge in [-0.15, -0.1) is 0 Å². The van der Waals surface area contributed by atoms with Crippen molar-refractivity contribution in [2.24, 2.45) is 17.3 Å². The smallest absolute Gasteiger partial charge is 0.0269 e. The van der Waals surface area contributed by atoms with Gasteiger partial charge in [-0.05, 0) is 36.5 Å². The summed E-state index contributed by atoms with van der Waals surface area (Å²) in [5, 5.41) is 0. The van der Waals surface area contributed by atoms with Gasteiger partial charge < -0.3 is 0 Å². The Morgan fingerprint density at radius 3 is 2.50 bits per heavy atom. The zero-order valence-corrected chi connectivity index (χ0v) is 11.4. The van der Waals surface area contributed by atoms with Crippen molar-refractivity contribution in [1.82, 2.24) is 0 Å². The molecule has 0 aliphatic heterocycles. The van der Waals surface area contributed by atoms with Crippen molar-refractivity contribution in [3.8, 4) is 0 Å². The van der Waals surface area contributed by atoms with Gasteiger partial charge in [-0.2, -0.15) is 0 Å². The van der Waals surface area contributed by atoms with Crippen LogP contribution in [0.5, 0.6) is 0 Å². The first-order valence-corrected chi connectivity index (χ1v) is 7.82. The van der Waals surface area contributed by atoms with Gasteiger partial charge in [0.15, 0.2) is 0 Å². The van der Waals surface area contributed by atoms with Crippen LogP contribution >= 0.6 is 0 Å². The van der Waals surface area contributed by atoms with E-state index in [0.717, 1.165) is 17.3 Å². The molecule has 3 atom stereocenters. The van der Waals surface area contributed by atoms with E-state index in [4.69, 9.17) is 0 Å². The third kappa shape index (κ3) is 2.31. The van der Waals surface area contributed by atoms with E-state index in [2.05, 4.69) is 13.8 Å². The Labute approximate surface area is 102 Å². The molecule has 0 heteroatoms. The van der Waals surface area contributed by atoms with Crippen LogP contribution in [0.15, 0.2) is 0 Å². The summed E-state index contributed by atoms with van der Waals surface area (Å²) >= 11 is 0. The molecule has 0 bridgehead atoms. The van der Waals surface area contributed by atoms with Gasteiger partial charge in [0.2, 0.25) is 0 Å². The highest BCUT2D eigenvalue weighted by Gasteiger charge is 2.44. The van der Waals surface area contributed by atoms with Crippen LogP contribution in [0.4, 0.5) is 0 Å². The Morgan fingerprint density at radius 2 is 1.75 bits per heavy atom. The quantitative estimate of drug-likeness (QED) is 0.584. The van der Waals surface area contributed by atoms with Crippen LogP contribution in [0.3, 0.4) is 0 Å². The summed E-state index contributed by atoms with van der Waals surface area (Å²) < 4.78 is 0. The summed E-state index contributed by atoms with van der Waals surface area (Å²) in [5.41, 5.74) is 0.763. The predicted octanol–water partition coefficient (Wildman–Crippen LogP) is 5.56. The predicted molar refractivity (Wildman–Crippen MR) is 71.5 cm³/mol. The van der Waals surface area contributed by atoms with Crippen LogP contribution in [0.1, 0.15) is 84.5 Å². The van der Waals surface area contributed by atoms with Crippen molar-refractivity contribution < 1.29 is 0 Å². The monoisotopic (exact) mass is 222 g/mol. The molecule has 2 aliphatic carbocycles. The van der Waals surface area contributed by atoms with E-state index in [1.807, 2.05) is 0 Å². The number of hydrogen-bond donors (Lipinski definition) is 0. The van der Waals surface area contributed by atoms with Crippen molar-refractivity contribution in [3.63, 3.8) is 0 Å². The second-order valence-electron chi connectivity index (χ2n) is 6.36. The molecule has 2 aliphatic rings. The Kier molecular flexibility index (Phi) is 4.33. The SMILES string of the molecule is CCCCC1(CC)CCCC2CCCCC21. The minimum atomic E-state index is 0.763. The number of fused-ring (bicyclic) bond motifs is 1. The molecule has 0 aromatic carbocycles. The van der Waals surface area contributed by atoms with Crippen molar-refractivity contribution in [1.29, 1.82) is 0 Å². The number of hydrogen-bond acceptors (Lipinski definition) is 0. The third-order valence-electron chi connectivity index (χ3n) is 5.68. The molecule has 0 radical (unpaired) electrons. The molecular formula is C16H30. The van der Waals surface area contributed by atoms with Gasteiger partial charge in [0.1, 0.15) is 0 Å². The van der Waals surface area contributed by atoms with Gasteiger partial charge >= 0.3 is 0 Å². The molecule has 0 aromatic rings. The highest BCUT2D eigenvalue weighted by Crippen LogP contribution is 2.54. The Bertz CT molecular complexity index is 206. The first kappa shape index (κ1) is 12.5. The maximum Gasteiger partial charge on any atom is -0.0269 e. The van der Waals surface area contributed by atoms with Gasteiger partial charge in [-0.1, -0.05) is 65.2 Å². The Morgan fingerprint density at radius 1 is 1.00 bits per heavy atom. The van der Waals surface area contributed by atoms with E-state index in [-0.39, 0.29) is 0 Å².